The summed E-state index contributed by atoms with van der Waals surface area (Å²) >= 11 is 0. The Hall–Kier alpha value is -2.62. The molecule has 1 atom stereocenters. The number of nitrogens with one attached hydrogen (secondary N) is 1. The molecule has 0 aromatic heterocycles. The second-order valence-electron chi connectivity index (χ2n) is 10.2. The van der Waals surface area contributed by atoms with Gasteiger partial charge in [0.05, 0.1) is 7.11 Å². The van der Waals surface area contributed by atoms with Gasteiger partial charge in [-0.05, 0) is 99.1 Å². The van der Waals surface area contributed by atoms with Crippen molar-refractivity contribution in [2.75, 3.05) is 46.4 Å². The molecule has 208 valence electrons. The molecule has 1 aliphatic heterocycles. The summed E-state index contributed by atoms with van der Waals surface area (Å²) in [6.07, 6.45) is 6.69. The van der Waals surface area contributed by atoms with Gasteiger partial charge in [-0.15, -0.1) is 0 Å². The number of carbonyl (C=O) groups excluding carboxylic acids is 1. The van der Waals surface area contributed by atoms with E-state index in [9.17, 15) is 13.2 Å². The molecule has 1 amide bonds. The Labute approximate surface area is 227 Å². The summed E-state index contributed by atoms with van der Waals surface area (Å²) in [6, 6.07) is 12.3. The van der Waals surface area contributed by atoms with Crippen molar-refractivity contribution in [2.24, 2.45) is 0 Å². The van der Waals surface area contributed by atoms with E-state index in [1.54, 1.807) is 25.3 Å². The number of benzene rings is 2. The van der Waals surface area contributed by atoms with Crippen molar-refractivity contribution in [3.63, 3.8) is 0 Å². The van der Waals surface area contributed by atoms with Gasteiger partial charge >= 0.3 is 10.1 Å². The van der Waals surface area contributed by atoms with Gasteiger partial charge in [-0.3, -0.25) is 4.79 Å². The number of fused-ring (bicyclic) bond motifs is 1. The predicted octanol–water partition coefficient (Wildman–Crippen LogP) is 3.63. The van der Waals surface area contributed by atoms with Crippen LogP contribution in [0.25, 0.3) is 0 Å². The van der Waals surface area contributed by atoms with Crippen LogP contribution < -0.4 is 14.2 Å². The van der Waals surface area contributed by atoms with Gasteiger partial charge in [0.1, 0.15) is 16.4 Å². The van der Waals surface area contributed by atoms with Crippen molar-refractivity contribution < 1.29 is 22.1 Å². The summed E-state index contributed by atoms with van der Waals surface area (Å²) in [5.41, 5.74) is 2.42. The average Bonchev–Trinajstić information content (AvgIpc) is 3.13. The van der Waals surface area contributed by atoms with Crippen LogP contribution in [0.15, 0.2) is 47.4 Å². The number of hydrogen-bond acceptors (Lipinski definition) is 7. The maximum atomic E-state index is 12.8. The van der Waals surface area contributed by atoms with Gasteiger partial charge in [-0.2, -0.15) is 8.42 Å². The van der Waals surface area contributed by atoms with Crippen molar-refractivity contribution in [1.29, 1.82) is 0 Å². The number of carbonyl (C=O) groups is 1. The third kappa shape index (κ3) is 7.48. The lowest BCUT2D eigenvalue weighted by atomic mass is 9.87. The van der Waals surface area contributed by atoms with Crippen LogP contribution in [-0.2, 0) is 27.8 Å². The molecule has 0 spiro atoms. The van der Waals surface area contributed by atoms with Crippen LogP contribution in [0.3, 0.4) is 0 Å². The minimum absolute atomic E-state index is 0.0983. The molecule has 38 heavy (non-hydrogen) atoms. The molecule has 2 aromatic rings. The maximum Gasteiger partial charge on any atom is 0.339 e. The van der Waals surface area contributed by atoms with Crippen molar-refractivity contribution in [2.45, 2.75) is 62.8 Å². The van der Waals surface area contributed by atoms with E-state index in [2.05, 4.69) is 17.1 Å². The van der Waals surface area contributed by atoms with E-state index in [-0.39, 0.29) is 10.8 Å². The second-order valence-corrected chi connectivity index (χ2v) is 11.7. The van der Waals surface area contributed by atoms with E-state index >= 15 is 0 Å². The minimum Gasteiger partial charge on any atom is -0.497 e. The van der Waals surface area contributed by atoms with Crippen LogP contribution in [0.5, 0.6) is 11.5 Å². The molecule has 1 saturated heterocycles. The molecule has 1 aliphatic carbocycles. The molecule has 2 aromatic carbocycles. The van der Waals surface area contributed by atoms with Crippen LogP contribution in [0, 0.1) is 0 Å². The minimum atomic E-state index is -3.93. The molecule has 1 heterocycles. The highest BCUT2D eigenvalue weighted by molar-refractivity contribution is 7.87. The first-order valence-corrected chi connectivity index (χ1v) is 15.2. The largest absolute Gasteiger partial charge is 0.497 e. The summed E-state index contributed by atoms with van der Waals surface area (Å²) in [5.74, 6) is 1.20. The van der Waals surface area contributed by atoms with Crippen molar-refractivity contribution in [3.05, 3.63) is 53.6 Å². The molecule has 8 nitrogen and oxygen atoms in total. The highest BCUT2D eigenvalue weighted by atomic mass is 32.2. The van der Waals surface area contributed by atoms with Crippen LogP contribution >= 0.6 is 0 Å². The Balaban J connectivity index is 1.35. The fourth-order valence-electron chi connectivity index (χ4n) is 5.43. The quantitative estimate of drug-likeness (QED) is 0.323. The fraction of sp³-hybridized carbons (Fsp3) is 0.552. The Morgan fingerprint density at radius 1 is 1.00 bits per heavy atom. The second kappa shape index (κ2) is 13.4. The normalized spacial score (nSPS) is 18.2. The monoisotopic (exact) mass is 543 g/mol. The highest BCUT2D eigenvalue weighted by Crippen LogP contribution is 2.30. The lowest BCUT2D eigenvalue weighted by Gasteiger charge is -2.35. The van der Waals surface area contributed by atoms with Gasteiger partial charge < -0.3 is 24.0 Å². The van der Waals surface area contributed by atoms with E-state index < -0.39 is 10.1 Å². The van der Waals surface area contributed by atoms with Crippen LogP contribution in [-0.4, -0.2) is 76.5 Å². The number of ether oxygens (including phenoxy) is 1. The third-order valence-electron chi connectivity index (χ3n) is 7.51. The van der Waals surface area contributed by atoms with Crippen LogP contribution in [0.2, 0.25) is 0 Å². The average molecular weight is 544 g/mol. The fourth-order valence-corrected chi connectivity index (χ4v) is 6.35. The molecule has 1 fully saturated rings. The summed E-state index contributed by atoms with van der Waals surface area (Å²) in [5, 5.41) is 3.30. The number of methoxy groups -OCH3 is 1. The van der Waals surface area contributed by atoms with E-state index in [4.69, 9.17) is 8.92 Å². The first kappa shape index (κ1) is 28.4. The van der Waals surface area contributed by atoms with Crippen molar-refractivity contribution >= 4 is 16.0 Å². The number of aryl methyl sites for hydroxylation is 1. The smallest absolute Gasteiger partial charge is 0.339 e. The van der Waals surface area contributed by atoms with Crippen LogP contribution in [0.1, 0.15) is 50.2 Å². The lowest BCUT2D eigenvalue weighted by molar-refractivity contribution is -0.130. The number of hydrogen-bond donors (Lipinski definition) is 1. The van der Waals surface area contributed by atoms with Gasteiger partial charge in [0.2, 0.25) is 5.91 Å². The van der Waals surface area contributed by atoms with Gasteiger partial charge in [-0.25, -0.2) is 0 Å². The molecule has 4 rings (SSSR count). The van der Waals surface area contributed by atoms with E-state index in [1.807, 2.05) is 17.0 Å². The molecule has 0 radical (unpaired) electrons. The van der Waals surface area contributed by atoms with Gasteiger partial charge in [-0.1, -0.05) is 13.0 Å². The van der Waals surface area contributed by atoms with E-state index in [0.717, 1.165) is 83.4 Å². The molecular weight excluding hydrogens is 502 g/mol. The molecule has 1 N–H and O–H groups in total. The lowest BCUT2D eigenvalue weighted by Crippen LogP contribution is -2.41. The molecule has 9 heteroatoms. The topological polar surface area (TPSA) is 88.2 Å². The standard InChI is InChI=1S/C29H41N3O5S/c1-3-17-31(18-4-5-19-32-20-16-30-15-14-29(32)33)25-8-6-23-7-9-27(22-24(23)21-25)37-38(34,35)28-12-10-26(36-2)11-13-28/h7,9-13,22,25,30H,3-6,8,14-21H2,1-2H3. The zero-order valence-electron chi connectivity index (χ0n) is 22.7. The third-order valence-corrected chi connectivity index (χ3v) is 8.77. The van der Waals surface area contributed by atoms with Crippen molar-refractivity contribution in [3.8, 4) is 11.5 Å². The Morgan fingerprint density at radius 2 is 1.79 bits per heavy atom. The zero-order valence-corrected chi connectivity index (χ0v) is 23.5. The summed E-state index contributed by atoms with van der Waals surface area (Å²) in [4.78, 5) is 16.9. The molecule has 1 unspecified atom stereocenters. The number of unbranched alkanes of at least 4 members (excludes halogenated alkanes) is 1. The number of nitrogens with zero attached hydrogens (tertiary/aromatic N) is 2. The number of rotatable bonds is 12. The van der Waals surface area contributed by atoms with Gasteiger partial charge in [0.25, 0.3) is 0 Å². The Bertz CT molecular complexity index is 1170. The SMILES string of the molecule is CCCN(CCCCN1CCNCCC1=O)C1CCc2ccc(OS(=O)(=O)c3ccc(OC)cc3)cc2C1. The van der Waals surface area contributed by atoms with E-state index in [1.165, 1.54) is 17.7 Å². The van der Waals surface area contributed by atoms with Gasteiger partial charge in [0.15, 0.2) is 0 Å². The molecular formula is C29H41N3O5S. The number of amides is 1. The zero-order chi connectivity index (χ0) is 27.0. The van der Waals surface area contributed by atoms with E-state index in [0.29, 0.717) is 24.0 Å². The molecule has 2 aliphatic rings. The summed E-state index contributed by atoms with van der Waals surface area (Å²) in [7, 11) is -2.39. The Morgan fingerprint density at radius 3 is 2.55 bits per heavy atom. The van der Waals surface area contributed by atoms with Crippen LogP contribution in [0.4, 0.5) is 0 Å². The first-order valence-electron chi connectivity index (χ1n) is 13.8. The summed E-state index contributed by atoms with van der Waals surface area (Å²) < 4.78 is 36.3. The summed E-state index contributed by atoms with van der Waals surface area (Å²) in [6.45, 7) is 7.55. The van der Waals surface area contributed by atoms with Crippen molar-refractivity contribution in [1.82, 2.24) is 15.1 Å². The van der Waals surface area contributed by atoms with Gasteiger partial charge in [0, 0.05) is 38.6 Å². The maximum absolute atomic E-state index is 12.8. The predicted molar refractivity (Wildman–Crippen MR) is 148 cm³/mol. The molecule has 0 bridgehead atoms. The molecule has 0 saturated carbocycles. The Kier molecular flexibility index (Phi) is 10.0. The first-order chi connectivity index (χ1) is 18.4. The highest BCUT2D eigenvalue weighted by Gasteiger charge is 2.25.